The zero-order valence-electron chi connectivity index (χ0n) is 23.6. The Kier molecular flexibility index (Phi) is 10.9. The van der Waals surface area contributed by atoms with Gasteiger partial charge in [-0.05, 0) is 80.0 Å². The Bertz CT molecular complexity index is 942. The molecule has 0 saturated carbocycles. The number of hydrazine groups is 1. The molecule has 11 nitrogen and oxygen atoms in total. The first-order valence-corrected chi connectivity index (χ1v) is 12.0. The Balaban J connectivity index is 2.93. The zero-order valence-corrected chi connectivity index (χ0v) is 23.6. The van der Waals surface area contributed by atoms with Gasteiger partial charge in [0.25, 0.3) is 0 Å². The molecular weight excluding hydrogens is 480 g/mol. The van der Waals surface area contributed by atoms with Crippen molar-refractivity contribution in [3.8, 4) is 0 Å². The molecule has 0 heterocycles. The fraction of sp³-hybridized carbons (Fsp3) is 0.615. The van der Waals surface area contributed by atoms with Gasteiger partial charge in [0.05, 0.1) is 12.5 Å². The number of rotatable bonds is 8. The highest BCUT2D eigenvalue weighted by molar-refractivity contribution is 5.85. The SMILES string of the molecule is CN(CC(=O)OC(C)(C)C)NC(=O)CC(NC(=O)OC(C)(C)C)c1ccc(NC(=O)OC(C)(C)C)cc1. The van der Waals surface area contributed by atoms with Gasteiger partial charge in [0.2, 0.25) is 5.91 Å². The number of hydrogen-bond acceptors (Lipinski definition) is 8. The highest BCUT2D eigenvalue weighted by atomic mass is 16.6. The minimum Gasteiger partial charge on any atom is -0.459 e. The quantitative estimate of drug-likeness (QED) is 0.261. The van der Waals surface area contributed by atoms with Crippen molar-refractivity contribution in [2.75, 3.05) is 18.9 Å². The van der Waals surface area contributed by atoms with Crippen molar-refractivity contribution in [2.45, 2.75) is 91.6 Å². The Morgan fingerprint density at radius 2 is 1.27 bits per heavy atom. The molecule has 0 aromatic heterocycles. The number of hydrogen-bond donors (Lipinski definition) is 3. The summed E-state index contributed by atoms with van der Waals surface area (Å²) in [6, 6.07) is 5.87. The van der Waals surface area contributed by atoms with Gasteiger partial charge in [-0.25, -0.2) is 14.6 Å². The van der Waals surface area contributed by atoms with Crippen molar-refractivity contribution in [1.29, 1.82) is 0 Å². The van der Waals surface area contributed by atoms with Gasteiger partial charge in [0.1, 0.15) is 23.3 Å². The molecule has 1 rings (SSSR count). The molecule has 3 N–H and O–H groups in total. The van der Waals surface area contributed by atoms with Crippen LogP contribution in [0.15, 0.2) is 24.3 Å². The van der Waals surface area contributed by atoms with Gasteiger partial charge in [-0.1, -0.05) is 12.1 Å². The molecule has 1 aromatic carbocycles. The number of carbonyl (C=O) groups is 4. The fourth-order valence-corrected chi connectivity index (χ4v) is 2.97. The molecule has 1 unspecified atom stereocenters. The van der Waals surface area contributed by atoms with Crippen LogP contribution in [0.2, 0.25) is 0 Å². The van der Waals surface area contributed by atoms with Crippen LogP contribution >= 0.6 is 0 Å². The second-order valence-electron chi connectivity index (χ2n) is 11.6. The highest BCUT2D eigenvalue weighted by Gasteiger charge is 2.24. The van der Waals surface area contributed by atoms with Crippen molar-refractivity contribution >= 4 is 29.8 Å². The van der Waals surface area contributed by atoms with Crippen LogP contribution in [-0.2, 0) is 23.8 Å². The first-order valence-electron chi connectivity index (χ1n) is 12.0. The van der Waals surface area contributed by atoms with Crippen LogP contribution < -0.4 is 16.1 Å². The van der Waals surface area contributed by atoms with E-state index >= 15 is 0 Å². The van der Waals surface area contributed by atoms with Crippen molar-refractivity contribution in [3.05, 3.63) is 29.8 Å². The molecule has 0 aliphatic carbocycles. The lowest BCUT2D eigenvalue weighted by molar-refractivity contribution is -0.156. The number of anilines is 1. The number of alkyl carbamates (subject to hydrolysis) is 1. The second-order valence-corrected chi connectivity index (χ2v) is 11.6. The van der Waals surface area contributed by atoms with Crippen LogP contribution in [0.4, 0.5) is 15.3 Å². The van der Waals surface area contributed by atoms with Gasteiger partial charge < -0.3 is 19.5 Å². The third-order valence-electron chi connectivity index (χ3n) is 4.14. The summed E-state index contributed by atoms with van der Waals surface area (Å²) >= 11 is 0. The predicted molar refractivity (Wildman–Crippen MR) is 140 cm³/mol. The van der Waals surface area contributed by atoms with E-state index < -0.39 is 46.9 Å². The van der Waals surface area contributed by atoms with E-state index in [9.17, 15) is 19.2 Å². The fourth-order valence-electron chi connectivity index (χ4n) is 2.97. The minimum absolute atomic E-state index is 0.142. The van der Waals surface area contributed by atoms with Crippen LogP contribution in [0.1, 0.15) is 80.3 Å². The van der Waals surface area contributed by atoms with Crippen LogP contribution in [-0.4, -0.2) is 59.5 Å². The number of benzene rings is 1. The molecular formula is C26H42N4O7. The lowest BCUT2D eigenvalue weighted by Gasteiger charge is -2.25. The molecule has 0 fully saturated rings. The van der Waals surface area contributed by atoms with E-state index in [-0.39, 0.29) is 13.0 Å². The predicted octanol–water partition coefficient (Wildman–Crippen LogP) is 4.29. The smallest absolute Gasteiger partial charge is 0.412 e. The summed E-state index contributed by atoms with van der Waals surface area (Å²) < 4.78 is 15.9. The van der Waals surface area contributed by atoms with Crippen LogP contribution in [0.5, 0.6) is 0 Å². The van der Waals surface area contributed by atoms with Gasteiger partial charge in [-0.15, -0.1) is 0 Å². The molecule has 0 spiro atoms. The Hall–Kier alpha value is -3.34. The minimum atomic E-state index is -0.750. The summed E-state index contributed by atoms with van der Waals surface area (Å²) in [7, 11) is 1.54. The Morgan fingerprint density at radius 1 is 0.784 bits per heavy atom. The summed E-state index contributed by atoms with van der Waals surface area (Å²) in [6.45, 7) is 15.6. The summed E-state index contributed by atoms with van der Waals surface area (Å²) in [4.78, 5) is 49.3. The number of ether oxygens (including phenoxy) is 3. The average molecular weight is 523 g/mol. The molecule has 0 aliphatic heterocycles. The standard InChI is InChI=1S/C26H42N4O7/c1-24(2,3)35-21(32)16-30(10)29-20(31)15-19(28-23(34)37-26(7,8)9)17-11-13-18(14-12-17)27-22(33)36-25(4,5)6/h11-14,19H,15-16H2,1-10H3,(H,27,33)(H,28,34)(H,29,31). The molecule has 3 amide bonds. The maximum absolute atomic E-state index is 12.7. The first-order chi connectivity index (χ1) is 16.7. The van der Waals surface area contributed by atoms with E-state index in [1.807, 2.05) is 0 Å². The van der Waals surface area contributed by atoms with Gasteiger partial charge in [0, 0.05) is 12.7 Å². The second kappa shape index (κ2) is 12.8. The molecule has 11 heteroatoms. The number of amides is 3. The van der Waals surface area contributed by atoms with Crippen molar-refractivity contribution in [2.24, 2.45) is 0 Å². The van der Waals surface area contributed by atoms with Crippen LogP contribution in [0, 0.1) is 0 Å². The van der Waals surface area contributed by atoms with Crippen molar-refractivity contribution < 1.29 is 33.4 Å². The Labute approximate surface area is 219 Å². The number of esters is 1. The number of carbonyl (C=O) groups excluding carboxylic acids is 4. The normalized spacial score (nSPS) is 12.8. The van der Waals surface area contributed by atoms with Gasteiger partial charge >= 0.3 is 18.2 Å². The zero-order chi connectivity index (χ0) is 28.6. The van der Waals surface area contributed by atoms with Gasteiger partial charge in [-0.2, -0.15) is 0 Å². The maximum Gasteiger partial charge on any atom is 0.412 e. The molecule has 0 radical (unpaired) electrons. The van der Waals surface area contributed by atoms with Crippen molar-refractivity contribution in [3.63, 3.8) is 0 Å². The first kappa shape index (κ1) is 31.7. The van der Waals surface area contributed by atoms with Crippen LogP contribution in [0.3, 0.4) is 0 Å². The molecule has 1 aromatic rings. The Morgan fingerprint density at radius 3 is 1.76 bits per heavy atom. The van der Waals surface area contributed by atoms with E-state index in [1.54, 1.807) is 86.6 Å². The van der Waals surface area contributed by atoms with Crippen LogP contribution in [0.25, 0.3) is 0 Å². The topological polar surface area (TPSA) is 135 Å². The molecule has 0 saturated heterocycles. The molecule has 37 heavy (non-hydrogen) atoms. The molecule has 0 bridgehead atoms. The third-order valence-corrected chi connectivity index (χ3v) is 4.14. The molecule has 208 valence electrons. The average Bonchev–Trinajstić information content (AvgIpc) is 2.63. The van der Waals surface area contributed by atoms with E-state index in [0.29, 0.717) is 11.3 Å². The largest absolute Gasteiger partial charge is 0.459 e. The lowest BCUT2D eigenvalue weighted by Crippen LogP contribution is -2.45. The monoisotopic (exact) mass is 522 g/mol. The van der Waals surface area contributed by atoms with Gasteiger partial charge in [0.15, 0.2) is 0 Å². The molecule has 1 atom stereocenters. The number of nitrogens with one attached hydrogen (secondary N) is 3. The van der Waals surface area contributed by atoms with Gasteiger partial charge in [-0.3, -0.25) is 20.3 Å². The van der Waals surface area contributed by atoms with E-state index in [4.69, 9.17) is 14.2 Å². The van der Waals surface area contributed by atoms with E-state index in [2.05, 4.69) is 16.1 Å². The lowest BCUT2D eigenvalue weighted by atomic mass is 10.0. The summed E-state index contributed by atoms with van der Waals surface area (Å²) in [5, 5.41) is 6.66. The highest BCUT2D eigenvalue weighted by Crippen LogP contribution is 2.21. The van der Waals surface area contributed by atoms with E-state index in [1.165, 1.54) is 12.1 Å². The summed E-state index contributed by atoms with van der Waals surface area (Å²) in [5.41, 5.74) is 1.67. The maximum atomic E-state index is 12.7. The summed E-state index contributed by atoms with van der Waals surface area (Å²) in [5.74, 6) is -0.935. The summed E-state index contributed by atoms with van der Waals surface area (Å²) in [6.07, 6.45) is -1.43. The van der Waals surface area contributed by atoms with E-state index in [0.717, 1.165) is 0 Å². The number of nitrogens with zero attached hydrogens (tertiary/aromatic N) is 1. The molecule has 0 aliphatic rings. The van der Waals surface area contributed by atoms with Crippen molar-refractivity contribution in [1.82, 2.24) is 15.8 Å². The third kappa shape index (κ3) is 14.7. The number of likely N-dealkylation sites (N-methyl/N-ethyl adjacent to an activating group) is 1.